The standard InChI is InChI=1S/2C23H26N2O2/c1-6-13-27-19-11-12-21-20(14-19)22(24-23(26)25(21)16(4)5)18-9-7-17(8-10-18)15(2)3;1-6-7-18-20(26)13-12-19-21(18)22(24-23(27)25(19)15(4)5)17-10-8-16(9-11-17)14(2)3/h6-12,14-16H,1,13H2,2-5H3;6,8-15,26H,1,7H2,2-5H3. The van der Waals surface area contributed by atoms with E-state index in [1.54, 1.807) is 33.4 Å². The van der Waals surface area contributed by atoms with Gasteiger partial charge in [-0.15, -0.1) is 6.58 Å². The Balaban J connectivity index is 0.000000208. The summed E-state index contributed by atoms with van der Waals surface area (Å²) < 4.78 is 9.10. The third-order valence-corrected chi connectivity index (χ3v) is 9.52. The van der Waals surface area contributed by atoms with Crippen LogP contribution in [0.15, 0.2) is 114 Å². The van der Waals surface area contributed by atoms with Crippen molar-refractivity contribution in [3.05, 3.63) is 142 Å². The maximum atomic E-state index is 12.8. The molecule has 0 atom stereocenters. The number of hydrogen-bond acceptors (Lipinski definition) is 6. The molecule has 0 saturated carbocycles. The van der Waals surface area contributed by atoms with Crippen molar-refractivity contribution < 1.29 is 9.84 Å². The summed E-state index contributed by atoms with van der Waals surface area (Å²) in [6.07, 6.45) is 3.96. The fraction of sp³-hybridized carbons (Fsp3) is 0.304. The lowest BCUT2D eigenvalue weighted by Crippen LogP contribution is -2.26. The molecule has 54 heavy (non-hydrogen) atoms. The van der Waals surface area contributed by atoms with Crippen molar-refractivity contribution in [1.82, 2.24) is 19.1 Å². The average molecular weight is 725 g/mol. The van der Waals surface area contributed by atoms with Crippen LogP contribution in [0.5, 0.6) is 11.5 Å². The zero-order chi connectivity index (χ0) is 39.3. The van der Waals surface area contributed by atoms with Crippen molar-refractivity contribution in [2.24, 2.45) is 0 Å². The molecule has 0 amide bonds. The second kappa shape index (κ2) is 16.9. The van der Waals surface area contributed by atoms with Gasteiger partial charge in [0.25, 0.3) is 0 Å². The maximum Gasteiger partial charge on any atom is 0.348 e. The van der Waals surface area contributed by atoms with E-state index < -0.39 is 0 Å². The van der Waals surface area contributed by atoms with E-state index in [9.17, 15) is 14.7 Å². The average Bonchev–Trinajstić information content (AvgIpc) is 3.14. The molecule has 0 fully saturated rings. The van der Waals surface area contributed by atoms with Crippen LogP contribution in [-0.4, -0.2) is 30.8 Å². The van der Waals surface area contributed by atoms with Gasteiger partial charge in [-0.25, -0.2) is 9.59 Å². The molecule has 0 bridgehead atoms. The highest BCUT2D eigenvalue weighted by atomic mass is 16.5. The highest BCUT2D eigenvalue weighted by Crippen LogP contribution is 2.35. The number of rotatable bonds is 11. The summed E-state index contributed by atoms with van der Waals surface area (Å²) in [4.78, 5) is 34.3. The first-order valence-corrected chi connectivity index (χ1v) is 18.7. The number of aromatic hydroxyl groups is 1. The summed E-state index contributed by atoms with van der Waals surface area (Å²) >= 11 is 0. The lowest BCUT2D eigenvalue weighted by molar-refractivity contribution is 0.363. The molecule has 0 aliphatic heterocycles. The molecule has 2 aromatic heterocycles. The van der Waals surface area contributed by atoms with Crippen molar-refractivity contribution in [2.75, 3.05) is 6.61 Å². The van der Waals surface area contributed by atoms with Crippen LogP contribution in [0, 0.1) is 0 Å². The predicted octanol–water partition coefficient (Wildman–Crippen LogP) is 10.5. The third-order valence-electron chi connectivity index (χ3n) is 9.52. The first-order chi connectivity index (χ1) is 25.8. The van der Waals surface area contributed by atoms with Crippen LogP contribution < -0.4 is 16.1 Å². The fourth-order valence-electron chi connectivity index (χ4n) is 6.70. The summed E-state index contributed by atoms with van der Waals surface area (Å²) in [5.41, 5.74) is 7.44. The normalized spacial score (nSPS) is 11.4. The van der Waals surface area contributed by atoms with Gasteiger partial charge in [-0.3, -0.25) is 9.13 Å². The van der Waals surface area contributed by atoms with E-state index >= 15 is 0 Å². The van der Waals surface area contributed by atoms with E-state index in [0.717, 1.165) is 44.2 Å². The Morgan fingerprint density at radius 3 is 1.67 bits per heavy atom. The number of phenolic OH excluding ortho intramolecular Hbond substituents is 1. The molecule has 0 spiro atoms. The van der Waals surface area contributed by atoms with Crippen LogP contribution in [-0.2, 0) is 6.42 Å². The van der Waals surface area contributed by atoms with Gasteiger partial charge in [0.2, 0.25) is 0 Å². The Labute approximate surface area is 318 Å². The highest BCUT2D eigenvalue weighted by Gasteiger charge is 2.19. The van der Waals surface area contributed by atoms with E-state index in [1.165, 1.54) is 11.1 Å². The van der Waals surface area contributed by atoms with Gasteiger partial charge in [-0.2, -0.15) is 9.97 Å². The topological polar surface area (TPSA) is 99.2 Å². The molecule has 0 saturated heterocycles. The van der Waals surface area contributed by atoms with Crippen LogP contribution in [0.4, 0.5) is 0 Å². The molecule has 280 valence electrons. The number of benzene rings is 4. The molecule has 2 heterocycles. The molecule has 8 nitrogen and oxygen atoms in total. The van der Waals surface area contributed by atoms with Crippen molar-refractivity contribution in [2.45, 2.75) is 85.7 Å². The first kappa shape index (κ1) is 39.4. The van der Waals surface area contributed by atoms with Gasteiger partial charge >= 0.3 is 11.4 Å². The summed E-state index contributed by atoms with van der Waals surface area (Å²) in [5.74, 6) is 1.81. The SMILES string of the molecule is C=CCOc1ccc2c(c1)c(-c1ccc(C(C)C)cc1)nc(=O)n2C(C)C.C=CCc1c(O)ccc2c1c(-c1ccc(C(C)C)cc1)nc(=O)n2C(C)C. The molecule has 8 heteroatoms. The van der Waals surface area contributed by atoms with Crippen LogP contribution in [0.25, 0.3) is 44.3 Å². The van der Waals surface area contributed by atoms with Crippen LogP contribution in [0.1, 0.15) is 96.0 Å². The molecular weight excluding hydrogens is 673 g/mol. The summed E-state index contributed by atoms with van der Waals surface area (Å²) in [6, 6.07) is 25.6. The van der Waals surface area contributed by atoms with Gasteiger partial charge in [0.1, 0.15) is 18.1 Å². The van der Waals surface area contributed by atoms with Gasteiger partial charge in [0, 0.05) is 39.5 Å². The zero-order valence-electron chi connectivity index (χ0n) is 32.8. The number of aromatic nitrogens is 4. The number of hydrogen-bond donors (Lipinski definition) is 1. The fourth-order valence-corrected chi connectivity index (χ4v) is 6.70. The van der Waals surface area contributed by atoms with Gasteiger partial charge < -0.3 is 9.84 Å². The Hall–Kier alpha value is -5.76. The van der Waals surface area contributed by atoms with Crippen molar-refractivity contribution in [1.29, 1.82) is 0 Å². The van der Waals surface area contributed by atoms with Crippen molar-refractivity contribution in [3.63, 3.8) is 0 Å². The van der Waals surface area contributed by atoms with E-state index in [2.05, 4.69) is 75.1 Å². The van der Waals surface area contributed by atoms with E-state index in [4.69, 9.17) is 4.74 Å². The predicted molar refractivity (Wildman–Crippen MR) is 223 cm³/mol. The van der Waals surface area contributed by atoms with Gasteiger partial charge in [-0.05, 0) is 87.4 Å². The number of allylic oxidation sites excluding steroid dienone is 1. The number of nitrogens with zero attached hydrogens (tertiary/aromatic N) is 4. The van der Waals surface area contributed by atoms with Crippen molar-refractivity contribution >= 4 is 21.8 Å². The molecular formula is C46H52N4O4. The summed E-state index contributed by atoms with van der Waals surface area (Å²) in [6.45, 7) is 24.4. The second-order valence-electron chi connectivity index (χ2n) is 14.7. The van der Waals surface area contributed by atoms with Gasteiger partial charge in [0.05, 0.1) is 22.4 Å². The molecule has 6 rings (SSSR count). The number of ether oxygens (including phenoxy) is 1. The largest absolute Gasteiger partial charge is 0.508 e. The molecule has 0 aliphatic carbocycles. The molecule has 0 radical (unpaired) electrons. The molecule has 4 aromatic carbocycles. The number of fused-ring (bicyclic) bond motifs is 2. The lowest BCUT2D eigenvalue weighted by Gasteiger charge is -2.18. The van der Waals surface area contributed by atoms with Crippen LogP contribution in [0.3, 0.4) is 0 Å². The Morgan fingerprint density at radius 1 is 0.667 bits per heavy atom. The minimum absolute atomic E-state index is 0.0183. The van der Waals surface area contributed by atoms with E-state index in [-0.39, 0.29) is 29.2 Å². The summed E-state index contributed by atoms with van der Waals surface area (Å²) in [5, 5.41) is 12.2. The smallest absolute Gasteiger partial charge is 0.348 e. The van der Waals surface area contributed by atoms with Gasteiger partial charge in [0.15, 0.2) is 0 Å². The summed E-state index contributed by atoms with van der Waals surface area (Å²) in [7, 11) is 0. The molecule has 0 aliphatic rings. The lowest BCUT2D eigenvalue weighted by atomic mass is 9.96. The Kier molecular flexibility index (Phi) is 12.4. The second-order valence-corrected chi connectivity index (χ2v) is 14.7. The number of phenols is 1. The monoisotopic (exact) mass is 724 g/mol. The highest BCUT2D eigenvalue weighted by molar-refractivity contribution is 5.97. The van der Waals surface area contributed by atoms with E-state index in [1.807, 2.05) is 70.2 Å². The van der Waals surface area contributed by atoms with Crippen LogP contribution >= 0.6 is 0 Å². The van der Waals surface area contributed by atoms with Crippen LogP contribution in [0.2, 0.25) is 0 Å². The zero-order valence-corrected chi connectivity index (χ0v) is 32.8. The third kappa shape index (κ3) is 8.23. The van der Waals surface area contributed by atoms with Crippen molar-refractivity contribution in [3.8, 4) is 34.0 Å². The molecule has 1 N–H and O–H groups in total. The van der Waals surface area contributed by atoms with E-state index in [0.29, 0.717) is 36.3 Å². The van der Waals surface area contributed by atoms with Gasteiger partial charge in [-0.1, -0.05) is 95.0 Å². The first-order valence-electron chi connectivity index (χ1n) is 18.7. The minimum Gasteiger partial charge on any atom is -0.508 e. The maximum absolute atomic E-state index is 12.8. The Morgan fingerprint density at radius 2 is 1.17 bits per heavy atom. The molecule has 0 unspecified atom stereocenters. The Bertz CT molecular complexity index is 2400. The quantitative estimate of drug-likeness (QED) is 0.134. The minimum atomic E-state index is -0.282. The molecule has 6 aromatic rings.